The van der Waals surface area contributed by atoms with Gasteiger partial charge >= 0.3 is 17.9 Å². The molecule has 1 saturated heterocycles. The molecule has 1 heterocycles. The summed E-state index contributed by atoms with van der Waals surface area (Å²) in [4.78, 5) is 37.0. The summed E-state index contributed by atoms with van der Waals surface area (Å²) in [6.45, 7) is 3.86. The molecule has 0 spiro atoms. The van der Waals surface area contributed by atoms with Crippen LogP contribution >= 0.6 is 0 Å². The first-order valence-electron chi connectivity index (χ1n) is 25.6. The molecule has 11 nitrogen and oxygen atoms in total. The van der Waals surface area contributed by atoms with Crippen molar-refractivity contribution in [2.45, 2.75) is 288 Å². The second-order valence-electron chi connectivity index (χ2n) is 18.0. The third-order valence-electron chi connectivity index (χ3n) is 12.2. The number of carbonyl (C=O) groups excluding carboxylic acids is 2. The van der Waals surface area contributed by atoms with Crippen LogP contribution in [0.4, 0.5) is 0 Å². The van der Waals surface area contributed by atoms with E-state index in [1.807, 2.05) is 0 Å². The lowest BCUT2D eigenvalue weighted by molar-refractivity contribution is -0.298. The van der Waals surface area contributed by atoms with Crippen molar-refractivity contribution < 1.29 is 53.8 Å². The van der Waals surface area contributed by atoms with Gasteiger partial charge in [0, 0.05) is 12.8 Å². The van der Waals surface area contributed by atoms with Gasteiger partial charge in [-0.15, -0.1) is 0 Å². The first-order valence-corrected chi connectivity index (χ1v) is 25.6. The maximum absolute atomic E-state index is 12.8. The van der Waals surface area contributed by atoms with E-state index in [0.29, 0.717) is 12.8 Å². The Balaban J connectivity index is 2.28. The van der Waals surface area contributed by atoms with E-state index in [1.165, 1.54) is 173 Å². The van der Waals surface area contributed by atoms with E-state index in [0.717, 1.165) is 38.5 Å². The Hall–Kier alpha value is -1.79. The monoisotopic (exact) mass is 871 g/mol. The Bertz CT molecular complexity index is 1030. The lowest BCUT2D eigenvalue weighted by Crippen LogP contribution is -2.60. The van der Waals surface area contributed by atoms with Gasteiger partial charge < -0.3 is 39.4 Å². The highest BCUT2D eigenvalue weighted by atomic mass is 16.7. The molecule has 0 saturated carbocycles. The summed E-state index contributed by atoms with van der Waals surface area (Å²) in [5.41, 5.74) is 0. The zero-order valence-corrected chi connectivity index (χ0v) is 39.2. The number of carboxylic acids is 1. The number of aliphatic hydroxyl groups is 3. The SMILES string of the molecule is CCCCCCCCCCCCCCCCCCCCC(=O)OCC(COC1OC(C(=O)O)C(O)C(O)C1O)OC(=O)CCCCCCCCCCCCCCCCCCC. The van der Waals surface area contributed by atoms with Gasteiger partial charge in [0.05, 0.1) is 6.61 Å². The van der Waals surface area contributed by atoms with Crippen LogP contribution in [0.2, 0.25) is 0 Å². The van der Waals surface area contributed by atoms with Crippen LogP contribution in [0.5, 0.6) is 0 Å². The first-order chi connectivity index (χ1) is 29.7. The Morgan fingerprint density at radius 3 is 1.11 bits per heavy atom. The van der Waals surface area contributed by atoms with Gasteiger partial charge in [-0.1, -0.05) is 226 Å². The van der Waals surface area contributed by atoms with Gasteiger partial charge in [-0.3, -0.25) is 9.59 Å². The van der Waals surface area contributed by atoms with Gasteiger partial charge in [-0.25, -0.2) is 4.79 Å². The standard InChI is InChI=1S/C50H94O11/c1-3-5-7-9-11-13-15-17-19-21-23-24-26-28-30-32-34-36-38-43(51)58-40-42(41-59-50-47(55)45(53)46(54)48(61-50)49(56)57)60-44(52)39-37-35-33-31-29-27-25-22-20-18-16-14-12-10-8-6-4-2/h42,45-48,50,53-55H,3-41H2,1-2H3,(H,56,57). The van der Waals surface area contributed by atoms with Crippen molar-refractivity contribution in [3.63, 3.8) is 0 Å². The minimum Gasteiger partial charge on any atom is -0.479 e. The van der Waals surface area contributed by atoms with Crippen molar-refractivity contribution in [1.82, 2.24) is 0 Å². The van der Waals surface area contributed by atoms with Crippen LogP contribution in [0, 0.1) is 0 Å². The fourth-order valence-corrected chi connectivity index (χ4v) is 8.18. The van der Waals surface area contributed by atoms with Gasteiger partial charge in [0.2, 0.25) is 0 Å². The molecule has 11 heteroatoms. The second-order valence-corrected chi connectivity index (χ2v) is 18.0. The minimum atomic E-state index is -1.86. The molecule has 0 amide bonds. The molecule has 4 N–H and O–H groups in total. The van der Waals surface area contributed by atoms with E-state index in [-0.39, 0.29) is 26.1 Å². The third kappa shape index (κ3) is 32.5. The molecule has 1 aliphatic heterocycles. The summed E-state index contributed by atoms with van der Waals surface area (Å²) in [6.07, 6.45) is 34.4. The van der Waals surface area contributed by atoms with Crippen molar-refractivity contribution in [2.75, 3.05) is 13.2 Å². The number of carboxylic acid groups (broad SMARTS) is 1. The molecule has 0 aromatic rings. The van der Waals surface area contributed by atoms with Gasteiger partial charge in [0.25, 0.3) is 0 Å². The van der Waals surface area contributed by atoms with E-state index in [4.69, 9.17) is 18.9 Å². The molecule has 0 aliphatic carbocycles. The summed E-state index contributed by atoms with van der Waals surface area (Å²) < 4.78 is 21.8. The number of ether oxygens (including phenoxy) is 4. The summed E-state index contributed by atoms with van der Waals surface area (Å²) in [6, 6.07) is 0. The van der Waals surface area contributed by atoms with Crippen LogP contribution in [0.3, 0.4) is 0 Å². The van der Waals surface area contributed by atoms with Crippen molar-refractivity contribution in [2.24, 2.45) is 0 Å². The van der Waals surface area contributed by atoms with E-state index >= 15 is 0 Å². The highest BCUT2D eigenvalue weighted by Crippen LogP contribution is 2.23. The van der Waals surface area contributed by atoms with Gasteiger partial charge in [0.1, 0.15) is 24.9 Å². The maximum Gasteiger partial charge on any atom is 0.335 e. The normalized spacial score (nSPS) is 19.5. The van der Waals surface area contributed by atoms with E-state index in [9.17, 15) is 34.8 Å². The molecular weight excluding hydrogens is 777 g/mol. The van der Waals surface area contributed by atoms with Crippen molar-refractivity contribution in [3.05, 3.63) is 0 Å². The number of aliphatic hydroxyl groups excluding tert-OH is 3. The fourth-order valence-electron chi connectivity index (χ4n) is 8.18. The minimum absolute atomic E-state index is 0.191. The van der Waals surface area contributed by atoms with Crippen LogP contribution in [0.25, 0.3) is 0 Å². The molecule has 0 radical (unpaired) electrons. The van der Waals surface area contributed by atoms with Crippen LogP contribution in [0.1, 0.15) is 251 Å². The molecule has 1 aliphatic rings. The van der Waals surface area contributed by atoms with Crippen LogP contribution in [-0.2, 0) is 33.3 Å². The average molecular weight is 871 g/mol. The molecule has 61 heavy (non-hydrogen) atoms. The zero-order chi connectivity index (χ0) is 44.6. The van der Waals surface area contributed by atoms with Crippen LogP contribution in [-0.4, -0.2) is 88.4 Å². The van der Waals surface area contributed by atoms with Crippen molar-refractivity contribution in [3.8, 4) is 0 Å². The summed E-state index contributed by atoms with van der Waals surface area (Å²) >= 11 is 0. The van der Waals surface area contributed by atoms with E-state index in [2.05, 4.69) is 13.8 Å². The average Bonchev–Trinajstić information content (AvgIpc) is 3.24. The maximum atomic E-state index is 12.8. The molecular formula is C50H94O11. The highest BCUT2D eigenvalue weighted by Gasteiger charge is 2.47. The van der Waals surface area contributed by atoms with Gasteiger partial charge in [-0.2, -0.15) is 0 Å². The zero-order valence-electron chi connectivity index (χ0n) is 39.2. The Labute approximate surface area is 372 Å². The molecule has 1 fully saturated rings. The highest BCUT2D eigenvalue weighted by molar-refractivity contribution is 5.73. The topological polar surface area (TPSA) is 169 Å². The summed E-state index contributed by atoms with van der Waals surface area (Å²) in [5.74, 6) is -2.42. The summed E-state index contributed by atoms with van der Waals surface area (Å²) in [7, 11) is 0. The van der Waals surface area contributed by atoms with Crippen molar-refractivity contribution >= 4 is 17.9 Å². The quantitative estimate of drug-likeness (QED) is 0.0339. The lowest BCUT2D eigenvalue weighted by Gasteiger charge is -2.38. The van der Waals surface area contributed by atoms with E-state index in [1.54, 1.807) is 0 Å². The molecule has 0 aromatic carbocycles. The molecule has 0 aromatic heterocycles. The third-order valence-corrected chi connectivity index (χ3v) is 12.2. The predicted molar refractivity (Wildman–Crippen MR) is 243 cm³/mol. The smallest absolute Gasteiger partial charge is 0.335 e. The molecule has 1 rings (SSSR count). The molecule has 6 unspecified atom stereocenters. The Morgan fingerprint density at radius 2 is 0.770 bits per heavy atom. The molecule has 6 atom stereocenters. The van der Waals surface area contributed by atoms with E-state index < -0.39 is 54.7 Å². The predicted octanol–water partition coefficient (Wildman–Crippen LogP) is 11.8. The fraction of sp³-hybridized carbons (Fsp3) is 0.940. The number of aliphatic carboxylic acids is 1. The Morgan fingerprint density at radius 1 is 0.443 bits per heavy atom. The number of unbranched alkanes of at least 4 members (excludes halogenated alkanes) is 33. The molecule has 0 bridgehead atoms. The van der Waals surface area contributed by atoms with Gasteiger partial charge in [0.15, 0.2) is 18.5 Å². The lowest BCUT2D eigenvalue weighted by atomic mass is 9.99. The second kappa shape index (κ2) is 40.9. The number of esters is 2. The van der Waals surface area contributed by atoms with Crippen LogP contribution < -0.4 is 0 Å². The van der Waals surface area contributed by atoms with Gasteiger partial charge in [-0.05, 0) is 12.8 Å². The van der Waals surface area contributed by atoms with Crippen molar-refractivity contribution in [1.29, 1.82) is 0 Å². The Kier molecular flexibility index (Phi) is 38.4. The largest absolute Gasteiger partial charge is 0.479 e. The number of hydrogen-bond donors (Lipinski definition) is 4. The number of rotatable bonds is 44. The molecule has 360 valence electrons. The first kappa shape index (κ1) is 57.2. The summed E-state index contributed by atoms with van der Waals surface area (Å²) in [5, 5.41) is 39.9. The number of carbonyl (C=O) groups is 3. The number of hydrogen-bond acceptors (Lipinski definition) is 10. The van der Waals surface area contributed by atoms with Crippen LogP contribution in [0.15, 0.2) is 0 Å².